The van der Waals surface area contributed by atoms with Crippen molar-refractivity contribution in [3.63, 3.8) is 0 Å². The highest BCUT2D eigenvalue weighted by molar-refractivity contribution is 9.10. The Kier molecular flexibility index (Phi) is 2.63. The van der Waals surface area contributed by atoms with Gasteiger partial charge in [-0.25, -0.2) is 4.39 Å². The maximum absolute atomic E-state index is 13.3. The monoisotopic (exact) mass is 302 g/mol. The smallest absolute Gasteiger partial charge is 0.194 e. The second-order valence-electron chi connectivity index (χ2n) is 4.13. The first-order valence-corrected chi connectivity index (χ1v) is 6.26. The zero-order valence-electron chi connectivity index (χ0n) is 9.28. The van der Waals surface area contributed by atoms with Gasteiger partial charge in [0.05, 0.1) is 0 Å². The van der Waals surface area contributed by atoms with Crippen LogP contribution in [0.5, 0.6) is 0 Å². The molecule has 3 aromatic rings. The molecule has 0 aromatic heterocycles. The summed E-state index contributed by atoms with van der Waals surface area (Å²) in [6.45, 7) is 0. The van der Waals surface area contributed by atoms with Crippen LogP contribution in [0.2, 0.25) is 0 Å². The molecular weight excluding hydrogens is 295 g/mol. The summed E-state index contributed by atoms with van der Waals surface area (Å²) in [5.74, 6) is -0.394. The van der Waals surface area contributed by atoms with Gasteiger partial charge in [-0.05, 0) is 35.0 Å². The van der Waals surface area contributed by atoms with Crippen molar-refractivity contribution >= 4 is 37.5 Å². The van der Waals surface area contributed by atoms with Crippen LogP contribution in [-0.2, 0) is 0 Å². The predicted octanol–water partition coefficient (Wildman–Crippen LogP) is 4.25. The molecular formula is C15H8BrFO. The van der Waals surface area contributed by atoms with E-state index in [0.717, 1.165) is 15.2 Å². The lowest BCUT2D eigenvalue weighted by Crippen LogP contribution is -1.98. The van der Waals surface area contributed by atoms with Gasteiger partial charge in [0.25, 0.3) is 0 Å². The Morgan fingerprint density at radius 2 is 1.39 bits per heavy atom. The number of fused-ring (bicyclic) bond motifs is 2. The Bertz CT molecular complexity index is 760. The molecule has 0 aliphatic carbocycles. The molecule has 18 heavy (non-hydrogen) atoms. The second-order valence-corrected chi connectivity index (χ2v) is 5.04. The highest BCUT2D eigenvalue weighted by atomic mass is 79.9. The first-order valence-electron chi connectivity index (χ1n) is 5.47. The van der Waals surface area contributed by atoms with Crippen LogP contribution in [0, 0.1) is 5.82 Å². The summed E-state index contributed by atoms with van der Waals surface area (Å²) in [4.78, 5) is 12.4. The van der Waals surface area contributed by atoms with Crippen molar-refractivity contribution in [2.24, 2.45) is 0 Å². The summed E-state index contributed by atoms with van der Waals surface area (Å²) < 4.78 is 14.1. The van der Waals surface area contributed by atoms with Crippen LogP contribution in [0.15, 0.2) is 57.8 Å². The van der Waals surface area contributed by atoms with Crippen molar-refractivity contribution in [1.82, 2.24) is 0 Å². The van der Waals surface area contributed by atoms with Crippen molar-refractivity contribution < 1.29 is 4.39 Å². The van der Waals surface area contributed by atoms with E-state index in [1.807, 2.05) is 24.3 Å². The van der Waals surface area contributed by atoms with Crippen LogP contribution >= 0.6 is 15.9 Å². The zero-order chi connectivity index (χ0) is 12.7. The average Bonchev–Trinajstić information content (AvgIpc) is 2.49. The number of hydrogen-bond donors (Lipinski definition) is 0. The lowest BCUT2D eigenvalue weighted by atomic mass is 10.1. The van der Waals surface area contributed by atoms with Crippen LogP contribution in [0.3, 0.4) is 0 Å². The Labute approximate surface area is 111 Å². The van der Waals surface area contributed by atoms with Gasteiger partial charge in [-0.1, -0.05) is 40.2 Å². The molecule has 0 radical (unpaired) electrons. The van der Waals surface area contributed by atoms with E-state index >= 15 is 0 Å². The minimum atomic E-state index is -0.394. The van der Waals surface area contributed by atoms with E-state index in [2.05, 4.69) is 15.9 Å². The SMILES string of the molecule is O=c1c2cc(F)ccc2ccc2ccc(Br)cc12. The summed E-state index contributed by atoms with van der Waals surface area (Å²) in [5.41, 5.74) is -0.147. The third-order valence-corrected chi connectivity index (χ3v) is 3.46. The first kappa shape index (κ1) is 11.4. The largest absolute Gasteiger partial charge is 0.289 e. The summed E-state index contributed by atoms with van der Waals surface area (Å²) in [6.07, 6.45) is 0. The maximum Gasteiger partial charge on any atom is 0.194 e. The molecule has 88 valence electrons. The van der Waals surface area contributed by atoms with E-state index < -0.39 is 5.82 Å². The van der Waals surface area contributed by atoms with Crippen molar-refractivity contribution in [2.45, 2.75) is 0 Å². The number of benzene rings is 2. The van der Waals surface area contributed by atoms with Gasteiger partial charge in [-0.3, -0.25) is 4.79 Å². The molecule has 0 aliphatic rings. The molecule has 0 bridgehead atoms. The average molecular weight is 303 g/mol. The van der Waals surface area contributed by atoms with Gasteiger partial charge in [0.2, 0.25) is 0 Å². The van der Waals surface area contributed by atoms with Crippen LogP contribution in [0.25, 0.3) is 21.5 Å². The molecule has 0 atom stereocenters. The normalized spacial score (nSPS) is 11.0. The molecule has 0 saturated carbocycles. The lowest BCUT2D eigenvalue weighted by Gasteiger charge is -1.93. The first-order chi connectivity index (χ1) is 8.65. The molecule has 0 N–H and O–H groups in total. The molecule has 0 fully saturated rings. The summed E-state index contributed by atoms with van der Waals surface area (Å²) in [5, 5.41) is 2.58. The quantitative estimate of drug-likeness (QED) is 0.606. The van der Waals surface area contributed by atoms with Crippen molar-refractivity contribution in [2.75, 3.05) is 0 Å². The molecule has 3 aromatic carbocycles. The number of halogens is 2. The van der Waals surface area contributed by atoms with Gasteiger partial charge < -0.3 is 0 Å². The van der Waals surface area contributed by atoms with Gasteiger partial charge in [0.1, 0.15) is 5.82 Å². The van der Waals surface area contributed by atoms with E-state index in [1.54, 1.807) is 12.1 Å². The predicted molar refractivity (Wildman–Crippen MR) is 75.4 cm³/mol. The Morgan fingerprint density at radius 1 is 0.833 bits per heavy atom. The molecule has 0 saturated heterocycles. The van der Waals surface area contributed by atoms with Gasteiger partial charge in [-0.15, -0.1) is 0 Å². The van der Waals surface area contributed by atoms with E-state index in [4.69, 9.17) is 0 Å². The van der Waals surface area contributed by atoms with Crippen molar-refractivity contribution in [3.8, 4) is 0 Å². The van der Waals surface area contributed by atoms with E-state index in [1.165, 1.54) is 12.1 Å². The molecule has 3 heteroatoms. The number of rotatable bonds is 0. The molecule has 3 rings (SSSR count). The van der Waals surface area contributed by atoms with E-state index in [-0.39, 0.29) is 5.43 Å². The maximum atomic E-state index is 13.3. The van der Waals surface area contributed by atoms with E-state index in [9.17, 15) is 9.18 Å². The van der Waals surface area contributed by atoms with Gasteiger partial charge in [0.15, 0.2) is 5.43 Å². The Balaban J connectivity index is 2.62. The molecule has 0 unspecified atom stereocenters. The van der Waals surface area contributed by atoms with Crippen LogP contribution in [0.4, 0.5) is 4.39 Å². The van der Waals surface area contributed by atoms with Crippen LogP contribution in [-0.4, -0.2) is 0 Å². The third kappa shape index (κ3) is 1.81. The fraction of sp³-hybridized carbons (Fsp3) is 0. The zero-order valence-corrected chi connectivity index (χ0v) is 10.9. The molecule has 0 amide bonds. The Morgan fingerprint density at radius 3 is 2.11 bits per heavy atom. The van der Waals surface area contributed by atoms with Crippen molar-refractivity contribution in [1.29, 1.82) is 0 Å². The van der Waals surface area contributed by atoms with E-state index in [0.29, 0.717) is 10.8 Å². The fourth-order valence-corrected chi connectivity index (χ4v) is 2.43. The minimum Gasteiger partial charge on any atom is -0.289 e. The lowest BCUT2D eigenvalue weighted by molar-refractivity contribution is 0.629. The van der Waals surface area contributed by atoms with Crippen molar-refractivity contribution in [3.05, 3.63) is 69.0 Å². The molecule has 0 spiro atoms. The Hall–Kier alpha value is -1.74. The molecule has 0 aliphatic heterocycles. The fourth-order valence-electron chi connectivity index (χ4n) is 2.07. The van der Waals surface area contributed by atoms with Crippen LogP contribution < -0.4 is 5.43 Å². The highest BCUT2D eigenvalue weighted by Crippen LogP contribution is 2.19. The summed E-state index contributed by atoms with van der Waals surface area (Å²) >= 11 is 3.35. The number of hydrogen-bond acceptors (Lipinski definition) is 1. The second kappa shape index (κ2) is 4.18. The standard InChI is InChI=1S/C15H8BrFO/c16-11-5-3-9-1-2-10-4-6-12(17)8-14(10)15(18)13(9)7-11/h1-8H. The highest BCUT2D eigenvalue weighted by Gasteiger charge is 2.04. The minimum absolute atomic E-state index is 0.147. The van der Waals surface area contributed by atoms with Gasteiger partial charge in [-0.2, -0.15) is 0 Å². The van der Waals surface area contributed by atoms with Gasteiger partial charge in [0, 0.05) is 15.2 Å². The topological polar surface area (TPSA) is 17.1 Å². The third-order valence-electron chi connectivity index (χ3n) is 2.96. The summed E-state index contributed by atoms with van der Waals surface area (Å²) in [7, 11) is 0. The molecule has 0 heterocycles. The molecule has 1 nitrogen and oxygen atoms in total. The van der Waals surface area contributed by atoms with Gasteiger partial charge >= 0.3 is 0 Å². The summed E-state index contributed by atoms with van der Waals surface area (Å²) in [6, 6.07) is 13.5. The van der Waals surface area contributed by atoms with Crippen LogP contribution in [0.1, 0.15) is 0 Å².